The number of ether oxygens (including phenoxy) is 3. The van der Waals surface area contributed by atoms with Crippen LogP contribution in [-0.2, 0) is 15.9 Å². The molecule has 26 heavy (non-hydrogen) atoms. The van der Waals surface area contributed by atoms with Crippen molar-refractivity contribution in [2.75, 3.05) is 25.2 Å². The minimum atomic E-state index is -4.65. The van der Waals surface area contributed by atoms with Crippen LogP contribution in [0.15, 0.2) is 18.2 Å². The van der Waals surface area contributed by atoms with Gasteiger partial charge in [0.1, 0.15) is 11.9 Å². The molecule has 0 spiro atoms. The molecule has 0 saturated carbocycles. The summed E-state index contributed by atoms with van der Waals surface area (Å²) in [6.07, 6.45) is -6.96. The van der Waals surface area contributed by atoms with Gasteiger partial charge in [-0.05, 0) is 36.6 Å². The Balaban J connectivity index is 1.66. The van der Waals surface area contributed by atoms with E-state index in [1.165, 1.54) is 0 Å². The van der Waals surface area contributed by atoms with Gasteiger partial charge in [-0.1, -0.05) is 0 Å². The average molecular weight is 375 g/mol. The zero-order valence-electron chi connectivity index (χ0n) is 14.2. The third-order valence-corrected chi connectivity index (χ3v) is 4.60. The molecule has 3 atom stereocenters. The van der Waals surface area contributed by atoms with Crippen molar-refractivity contribution in [2.45, 2.75) is 43.7 Å². The van der Waals surface area contributed by atoms with E-state index in [0.717, 1.165) is 5.56 Å². The Hall–Kier alpha value is -2.00. The topological polar surface area (TPSA) is 68.2 Å². The van der Waals surface area contributed by atoms with E-state index in [-0.39, 0.29) is 18.8 Å². The Labute approximate surface area is 148 Å². The fraction of sp³-hybridized carbons (Fsp3) is 0.588. The number of anilines is 1. The Morgan fingerprint density at radius 1 is 1.42 bits per heavy atom. The summed E-state index contributed by atoms with van der Waals surface area (Å²) < 4.78 is 52.6. The van der Waals surface area contributed by atoms with E-state index in [9.17, 15) is 18.0 Å². The number of hydrogen-bond donors (Lipinski definition) is 1. The van der Waals surface area contributed by atoms with Gasteiger partial charge in [-0.25, -0.2) is 4.79 Å². The highest BCUT2D eigenvalue weighted by Crippen LogP contribution is 2.38. The summed E-state index contributed by atoms with van der Waals surface area (Å²) in [4.78, 5) is 13.8. The van der Waals surface area contributed by atoms with Gasteiger partial charge in [0, 0.05) is 13.5 Å². The Bertz CT molecular complexity index is 666. The molecule has 9 heteroatoms. The number of carbonyl (C=O) groups excluding carboxylic acids is 1. The van der Waals surface area contributed by atoms with Crippen LogP contribution in [0.3, 0.4) is 0 Å². The number of aryl methyl sites for hydroxylation is 1. The molecule has 1 aromatic carbocycles. The van der Waals surface area contributed by atoms with Gasteiger partial charge < -0.3 is 19.3 Å². The number of rotatable bonds is 6. The molecule has 2 heterocycles. The standard InChI is InChI=1S/C17H20F3NO5/c1-24-9-14-13-4-2-10-8-11(25-7-6-15(22)17(18,19)20)3-5-12(10)21(13)16(23)26-14/h3,5,8,13-15,22H,2,4,6-7,9H2,1H3/t13?,14?,15-/m1/s1. The molecule has 6 nitrogen and oxygen atoms in total. The molecule has 0 aliphatic carbocycles. The fourth-order valence-electron chi connectivity index (χ4n) is 3.31. The molecule has 2 aliphatic heterocycles. The molecule has 1 aromatic rings. The van der Waals surface area contributed by atoms with Crippen LogP contribution in [0.4, 0.5) is 23.7 Å². The first-order chi connectivity index (χ1) is 12.3. The van der Waals surface area contributed by atoms with Gasteiger partial charge in [0.15, 0.2) is 6.10 Å². The van der Waals surface area contributed by atoms with Crippen LogP contribution in [0.5, 0.6) is 5.75 Å². The molecule has 1 N–H and O–H groups in total. The second-order valence-corrected chi connectivity index (χ2v) is 6.34. The SMILES string of the molecule is COCC1OC(=O)N2c3ccc(OCC[C@@H](O)C(F)(F)F)cc3CCC12. The van der Waals surface area contributed by atoms with Crippen LogP contribution < -0.4 is 9.64 Å². The van der Waals surface area contributed by atoms with Crippen LogP contribution in [-0.4, -0.2) is 55.9 Å². The van der Waals surface area contributed by atoms with E-state index in [4.69, 9.17) is 19.3 Å². The largest absolute Gasteiger partial charge is 0.493 e. The quantitative estimate of drug-likeness (QED) is 0.828. The zero-order chi connectivity index (χ0) is 18.9. The first-order valence-electron chi connectivity index (χ1n) is 8.30. The molecule has 144 valence electrons. The molecule has 0 aromatic heterocycles. The van der Waals surface area contributed by atoms with E-state index >= 15 is 0 Å². The lowest BCUT2D eigenvalue weighted by Gasteiger charge is -2.31. The van der Waals surface area contributed by atoms with Crippen LogP contribution in [0.25, 0.3) is 0 Å². The third-order valence-electron chi connectivity index (χ3n) is 4.60. The van der Waals surface area contributed by atoms with Crippen LogP contribution in [0, 0.1) is 0 Å². The molecule has 1 fully saturated rings. The van der Waals surface area contributed by atoms with E-state index in [0.29, 0.717) is 30.9 Å². The summed E-state index contributed by atoms with van der Waals surface area (Å²) in [5.74, 6) is 0.401. The Morgan fingerprint density at radius 3 is 2.88 bits per heavy atom. The van der Waals surface area contributed by atoms with Gasteiger partial charge in [0.25, 0.3) is 0 Å². The lowest BCUT2D eigenvalue weighted by Crippen LogP contribution is -2.41. The predicted molar refractivity (Wildman–Crippen MR) is 85.3 cm³/mol. The van der Waals surface area contributed by atoms with Crippen LogP contribution in [0.1, 0.15) is 18.4 Å². The number of cyclic esters (lactones) is 1. The number of benzene rings is 1. The molecular formula is C17H20F3NO5. The van der Waals surface area contributed by atoms with Crippen molar-refractivity contribution in [1.29, 1.82) is 0 Å². The van der Waals surface area contributed by atoms with Crippen LogP contribution in [0.2, 0.25) is 0 Å². The number of nitrogens with zero attached hydrogens (tertiary/aromatic N) is 1. The number of aliphatic hydroxyl groups excluding tert-OH is 1. The second-order valence-electron chi connectivity index (χ2n) is 6.34. The summed E-state index contributed by atoms with van der Waals surface area (Å²) in [7, 11) is 1.55. The first kappa shape index (κ1) is 18.8. The van der Waals surface area contributed by atoms with Crippen molar-refractivity contribution in [3.8, 4) is 5.75 Å². The molecule has 2 unspecified atom stereocenters. The lowest BCUT2D eigenvalue weighted by molar-refractivity contribution is -0.206. The normalized spacial score (nSPS) is 23.3. The minimum Gasteiger partial charge on any atom is -0.493 e. The molecule has 2 aliphatic rings. The van der Waals surface area contributed by atoms with Gasteiger partial charge >= 0.3 is 12.3 Å². The second kappa shape index (κ2) is 7.32. The third kappa shape index (κ3) is 3.73. The summed E-state index contributed by atoms with van der Waals surface area (Å²) >= 11 is 0. The number of methoxy groups -OCH3 is 1. The van der Waals surface area contributed by atoms with Crippen molar-refractivity contribution in [1.82, 2.24) is 0 Å². The number of carbonyl (C=O) groups is 1. The summed E-state index contributed by atoms with van der Waals surface area (Å²) in [5.41, 5.74) is 1.58. The molecule has 3 rings (SSSR count). The highest BCUT2D eigenvalue weighted by atomic mass is 19.4. The fourth-order valence-corrected chi connectivity index (χ4v) is 3.31. The van der Waals surface area contributed by atoms with Gasteiger partial charge in [0.05, 0.1) is 24.9 Å². The maximum absolute atomic E-state index is 12.3. The highest BCUT2D eigenvalue weighted by Gasteiger charge is 2.45. The van der Waals surface area contributed by atoms with Crippen molar-refractivity contribution in [3.05, 3.63) is 23.8 Å². The van der Waals surface area contributed by atoms with Crippen molar-refractivity contribution in [2.24, 2.45) is 0 Å². The van der Waals surface area contributed by atoms with Gasteiger partial charge in [0.2, 0.25) is 0 Å². The number of aliphatic hydroxyl groups is 1. The number of alkyl halides is 3. The smallest absolute Gasteiger partial charge is 0.415 e. The van der Waals surface area contributed by atoms with Gasteiger partial charge in [-0.2, -0.15) is 13.2 Å². The number of fused-ring (bicyclic) bond motifs is 3. The van der Waals surface area contributed by atoms with Gasteiger partial charge in [-0.3, -0.25) is 4.90 Å². The molecule has 1 saturated heterocycles. The van der Waals surface area contributed by atoms with Crippen molar-refractivity contribution in [3.63, 3.8) is 0 Å². The maximum atomic E-state index is 12.3. The molecule has 0 bridgehead atoms. The number of amides is 1. The monoisotopic (exact) mass is 375 g/mol. The zero-order valence-corrected chi connectivity index (χ0v) is 14.2. The van der Waals surface area contributed by atoms with E-state index in [1.54, 1.807) is 30.2 Å². The number of hydrogen-bond acceptors (Lipinski definition) is 5. The lowest BCUT2D eigenvalue weighted by atomic mass is 9.94. The summed E-state index contributed by atoms with van der Waals surface area (Å²) in [6.45, 7) is 0.0642. The van der Waals surface area contributed by atoms with Crippen LogP contribution >= 0.6 is 0 Å². The molecular weight excluding hydrogens is 355 g/mol. The Kier molecular flexibility index (Phi) is 5.29. The maximum Gasteiger partial charge on any atom is 0.415 e. The van der Waals surface area contributed by atoms with E-state index in [2.05, 4.69) is 0 Å². The summed E-state index contributed by atoms with van der Waals surface area (Å²) in [6, 6.07) is 4.91. The predicted octanol–water partition coefficient (Wildman–Crippen LogP) is 2.67. The van der Waals surface area contributed by atoms with E-state index in [1.807, 2.05) is 0 Å². The number of halogens is 3. The average Bonchev–Trinajstić information content (AvgIpc) is 2.90. The molecule has 1 amide bonds. The Morgan fingerprint density at radius 2 is 2.19 bits per heavy atom. The molecule has 0 radical (unpaired) electrons. The first-order valence-corrected chi connectivity index (χ1v) is 8.30. The van der Waals surface area contributed by atoms with Gasteiger partial charge in [-0.15, -0.1) is 0 Å². The van der Waals surface area contributed by atoms with E-state index < -0.39 is 24.8 Å². The minimum absolute atomic E-state index is 0.0938. The van der Waals surface area contributed by atoms with Crippen molar-refractivity contribution < 1.29 is 37.3 Å². The van der Waals surface area contributed by atoms with Crippen molar-refractivity contribution >= 4 is 11.8 Å². The highest BCUT2D eigenvalue weighted by molar-refractivity contribution is 5.92. The summed E-state index contributed by atoms with van der Waals surface area (Å²) in [5, 5.41) is 8.98.